The van der Waals surface area contributed by atoms with Crippen molar-refractivity contribution in [3.05, 3.63) is 46.4 Å². The van der Waals surface area contributed by atoms with Crippen LogP contribution in [-0.2, 0) is 11.2 Å². The van der Waals surface area contributed by atoms with Gasteiger partial charge in [0.25, 0.3) is 0 Å². The molecule has 0 aliphatic carbocycles. The Bertz CT molecular complexity index is 908. The summed E-state index contributed by atoms with van der Waals surface area (Å²) in [6.07, 6.45) is 0.557. The highest BCUT2D eigenvalue weighted by atomic mass is 32.1. The zero-order chi connectivity index (χ0) is 19.2. The first kappa shape index (κ1) is 19.0. The predicted molar refractivity (Wildman–Crippen MR) is 103 cm³/mol. The normalized spacial score (nSPS) is 12.0. The standard InChI is InChI=1S/C18H21N5O3S/c1-11(17-22-16(23-26-17)7-8-25-3)19-18(24)21-14-6-4-5-13(9-14)15-10-27-12(2)20-15/h4-6,9-11H,7-8H2,1-3H3,(H2,19,21,24)/t11-/m0/s1. The van der Waals surface area contributed by atoms with Crippen LogP contribution in [0.15, 0.2) is 34.2 Å². The minimum Gasteiger partial charge on any atom is -0.384 e. The summed E-state index contributed by atoms with van der Waals surface area (Å²) in [6, 6.07) is 6.77. The Labute approximate surface area is 161 Å². The fourth-order valence-electron chi connectivity index (χ4n) is 2.42. The van der Waals surface area contributed by atoms with Crippen molar-refractivity contribution < 1.29 is 14.1 Å². The Morgan fingerprint density at radius 1 is 1.37 bits per heavy atom. The number of ether oxygens (including phenoxy) is 1. The molecule has 0 unspecified atom stereocenters. The number of methoxy groups -OCH3 is 1. The molecule has 0 radical (unpaired) electrons. The Kier molecular flexibility index (Phi) is 6.15. The van der Waals surface area contributed by atoms with E-state index in [4.69, 9.17) is 9.26 Å². The second-order valence-electron chi connectivity index (χ2n) is 5.94. The Hall–Kier alpha value is -2.78. The molecule has 0 fully saturated rings. The number of nitrogens with zero attached hydrogens (tertiary/aromatic N) is 3. The summed E-state index contributed by atoms with van der Waals surface area (Å²) >= 11 is 1.59. The van der Waals surface area contributed by atoms with Crippen LogP contribution in [0.3, 0.4) is 0 Å². The molecule has 1 aromatic carbocycles. The molecule has 0 saturated carbocycles. The van der Waals surface area contributed by atoms with Gasteiger partial charge >= 0.3 is 6.03 Å². The highest BCUT2D eigenvalue weighted by molar-refractivity contribution is 7.09. The van der Waals surface area contributed by atoms with Gasteiger partial charge in [0, 0.05) is 30.2 Å². The number of carbonyl (C=O) groups is 1. The lowest BCUT2D eigenvalue weighted by Crippen LogP contribution is -2.31. The first-order valence-corrected chi connectivity index (χ1v) is 9.34. The molecule has 27 heavy (non-hydrogen) atoms. The van der Waals surface area contributed by atoms with Gasteiger partial charge in [0.15, 0.2) is 5.82 Å². The van der Waals surface area contributed by atoms with Gasteiger partial charge in [-0.3, -0.25) is 0 Å². The zero-order valence-corrected chi connectivity index (χ0v) is 16.2. The number of carbonyl (C=O) groups excluding carboxylic acids is 1. The Morgan fingerprint density at radius 2 is 2.22 bits per heavy atom. The molecule has 142 valence electrons. The number of hydrogen-bond acceptors (Lipinski definition) is 7. The topological polar surface area (TPSA) is 102 Å². The third-order valence-electron chi connectivity index (χ3n) is 3.77. The predicted octanol–water partition coefficient (Wildman–Crippen LogP) is 3.57. The van der Waals surface area contributed by atoms with Gasteiger partial charge in [-0.1, -0.05) is 17.3 Å². The molecule has 0 bridgehead atoms. The van der Waals surface area contributed by atoms with Crippen LogP contribution < -0.4 is 10.6 Å². The van der Waals surface area contributed by atoms with Gasteiger partial charge in [-0.15, -0.1) is 11.3 Å². The molecule has 2 N–H and O–H groups in total. The highest BCUT2D eigenvalue weighted by Gasteiger charge is 2.17. The first-order valence-electron chi connectivity index (χ1n) is 8.46. The molecule has 0 aliphatic heterocycles. The van der Waals surface area contributed by atoms with Crippen LogP contribution >= 0.6 is 11.3 Å². The summed E-state index contributed by atoms with van der Waals surface area (Å²) in [6.45, 7) is 4.25. The van der Waals surface area contributed by atoms with E-state index in [0.29, 0.717) is 30.4 Å². The smallest absolute Gasteiger partial charge is 0.319 e. The lowest BCUT2D eigenvalue weighted by atomic mass is 10.1. The number of thiazole rings is 1. The molecular weight excluding hydrogens is 366 g/mol. The van der Waals surface area contributed by atoms with Crippen LogP contribution in [0.2, 0.25) is 0 Å². The van der Waals surface area contributed by atoms with E-state index in [-0.39, 0.29) is 6.03 Å². The van der Waals surface area contributed by atoms with Crippen molar-refractivity contribution in [2.45, 2.75) is 26.3 Å². The molecule has 0 saturated heterocycles. The van der Waals surface area contributed by atoms with E-state index in [2.05, 4.69) is 25.8 Å². The molecule has 2 amide bonds. The summed E-state index contributed by atoms with van der Waals surface area (Å²) in [5.41, 5.74) is 2.52. The summed E-state index contributed by atoms with van der Waals surface area (Å²) in [5.74, 6) is 0.898. The minimum absolute atomic E-state index is 0.350. The lowest BCUT2D eigenvalue weighted by Gasteiger charge is -2.11. The molecular formula is C18H21N5O3S. The van der Waals surface area contributed by atoms with E-state index in [1.54, 1.807) is 25.4 Å². The maximum absolute atomic E-state index is 12.3. The summed E-state index contributed by atoms with van der Waals surface area (Å²) in [4.78, 5) is 21.0. The zero-order valence-electron chi connectivity index (χ0n) is 15.4. The van der Waals surface area contributed by atoms with Crippen molar-refractivity contribution in [1.82, 2.24) is 20.4 Å². The van der Waals surface area contributed by atoms with E-state index >= 15 is 0 Å². The van der Waals surface area contributed by atoms with Gasteiger partial charge in [0.2, 0.25) is 5.89 Å². The molecule has 8 nitrogen and oxygen atoms in total. The number of amides is 2. The van der Waals surface area contributed by atoms with Crippen LogP contribution in [0.25, 0.3) is 11.3 Å². The van der Waals surface area contributed by atoms with Crippen molar-refractivity contribution in [2.75, 3.05) is 19.0 Å². The number of nitrogens with one attached hydrogen (secondary N) is 2. The van der Waals surface area contributed by atoms with Crippen LogP contribution in [0.4, 0.5) is 10.5 Å². The SMILES string of the molecule is COCCc1noc([C@H](C)NC(=O)Nc2cccc(-c3csc(C)n3)c2)n1. The lowest BCUT2D eigenvalue weighted by molar-refractivity contribution is 0.199. The second kappa shape index (κ2) is 8.74. The van der Waals surface area contributed by atoms with Crippen molar-refractivity contribution >= 4 is 23.1 Å². The number of urea groups is 1. The van der Waals surface area contributed by atoms with Gasteiger partial charge in [-0.05, 0) is 26.0 Å². The van der Waals surface area contributed by atoms with Crippen LogP contribution in [-0.4, -0.2) is 34.9 Å². The van der Waals surface area contributed by atoms with E-state index in [1.165, 1.54) is 0 Å². The van der Waals surface area contributed by atoms with Crippen LogP contribution in [0, 0.1) is 6.92 Å². The Morgan fingerprint density at radius 3 is 2.96 bits per heavy atom. The molecule has 9 heteroatoms. The van der Waals surface area contributed by atoms with E-state index in [0.717, 1.165) is 16.3 Å². The van der Waals surface area contributed by atoms with Crippen molar-refractivity contribution in [1.29, 1.82) is 0 Å². The fraction of sp³-hybridized carbons (Fsp3) is 0.333. The van der Waals surface area contributed by atoms with Crippen molar-refractivity contribution in [2.24, 2.45) is 0 Å². The van der Waals surface area contributed by atoms with Gasteiger partial charge in [0.1, 0.15) is 6.04 Å². The van der Waals surface area contributed by atoms with Crippen molar-refractivity contribution in [3.8, 4) is 11.3 Å². The molecule has 0 spiro atoms. The average Bonchev–Trinajstić information content (AvgIpc) is 3.29. The first-order chi connectivity index (χ1) is 13.0. The number of aryl methyl sites for hydroxylation is 1. The highest BCUT2D eigenvalue weighted by Crippen LogP contribution is 2.24. The minimum atomic E-state index is -0.418. The van der Waals surface area contributed by atoms with E-state index in [9.17, 15) is 4.79 Å². The molecule has 2 heterocycles. The fourth-order valence-corrected chi connectivity index (χ4v) is 3.04. The number of rotatable bonds is 7. The summed E-state index contributed by atoms with van der Waals surface area (Å²) < 4.78 is 10.2. The molecule has 1 atom stereocenters. The Balaban J connectivity index is 1.59. The van der Waals surface area contributed by atoms with Gasteiger partial charge in [0.05, 0.1) is 17.3 Å². The number of benzene rings is 1. The maximum atomic E-state index is 12.3. The van der Waals surface area contributed by atoms with Gasteiger partial charge in [-0.25, -0.2) is 9.78 Å². The van der Waals surface area contributed by atoms with Crippen molar-refractivity contribution in [3.63, 3.8) is 0 Å². The molecule has 2 aromatic heterocycles. The number of anilines is 1. The van der Waals surface area contributed by atoms with Gasteiger partial charge in [-0.2, -0.15) is 4.98 Å². The average molecular weight is 387 g/mol. The monoisotopic (exact) mass is 387 g/mol. The van der Waals surface area contributed by atoms with E-state index < -0.39 is 6.04 Å². The molecule has 3 aromatic rings. The molecule has 3 rings (SSSR count). The van der Waals surface area contributed by atoms with Crippen LogP contribution in [0.1, 0.15) is 29.7 Å². The number of hydrogen-bond donors (Lipinski definition) is 2. The maximum Gasteiger partial charge on any atom is 0.319 e. The third-order valence-corrected chi connectivity index (χ3v) is 4.54. The largest absolute Gasteiger partial charge is 0.384 e. The van der Waals surface area contributed by atoms with Gasteiger partial charge < -0.3 is 19.9 Å². The third kappa shape index (κ3) is 5.11. The summed E-state index contributed by atoms with van der Waals surface area (Å²) in [7, 11) is 1.61. The quantitative estimate of drug-likeness (QED) is 0.642. The summed E-state index contributed by atoms with van der Waals surface area (Å²) in [5, 5.41) is 12.5. The van der Waals surface area contributed by atoms with E-state index in [1.807, 2.05) is 36.6 Å². The van der Waals surface area contributed by atoms with Crippen LogP contribution in [0.5, 0.6) is 0 Å². The second-order valence-corrected chi connectivity index (χ2v) is 7.01. The number of aromatic nitrogens is 3. The molecule has 0 aliphatic rings.